The van der Waals surface area contributed by atoms with Gasteiger partial charge in [0.2, 0.25) is 0 Å². The Labute approximate surface area is 163 Å². The van der Waals surface area contributed by atoms with Crippen LogP contribution >= 0.6 is 0 Å². The molecule has 0 aromatic heterocycles. The number of rotatable bonds is 7. The summed E-state index contributed by atoms with van der Waals surface area (Å²) in [5.41, 5.74) is 1.99. The Morgan fingerprint density at radius 1 is 1.18 bits per heavy atom. The summed E-state index contributed by atoms with van der Waals surface area (Å²) in [5.74, 6) is -0.744. The first kappa shape index (κ1) is 21.0. The molecule has 1 atom stereocenters. The standard InChI is InChI=1S/C21H23FN2O4/c1-4-28-20(25)12-7-15-5-9-17(10-6-15)24-21(26)23-14(2)16-8-11-19(27-3)18(22)13-16/h5-14H,4H2,1-3H3,(H2,23,24,26)/b12-7-/t14-/m0/s1. The van der Waals surface area contributed by atoms with Crippen LogP contribution in [0.5, 0.6) is 5.75 Å². The van der Waals surface area contributed by atoms with Gasteiger partial charge < -0.3 is 20.1 Å². The van der Waals surface area contributed by atoms with Crippen LogP contribution in [0.1, 0.15) is 31.0 Å². The first-order valence-corrected chi connectivity index (χ1v) is 8.78. The minimum atomic E-state index is -0.486. The van der Waals surface area contributed by atoms with E-state index in [0.717, 1.165) is 5.56 Å². The number of benzene rings is 2. The van der Waals surface area contributed by atoms with Crippen molar-refractivity contribution in [3.63, 3.8) is 0 Å². The number of hydrogen-bond donors (Lipinski definition) is 2. The smallest absolute Gasteiger partial charge is 0.330 e. The van der Waals surface area contributed by atoms with Gasteiger partial charge in [-0.3, -0.25) is 0 Å². The average Bonchev–Trinajstić information content (AvgIpc) is 2.67. The van der Waals surface area contributed by atoms with Crippen LogP contribution in [-0.4, -0.2) is 25.7 Å². The number of halogens is 1. The van der Waals surface area contributed by atoms with Gasteiger partial charge in [0.05, 0.1) is 19.8 Å². The third-order valence-corrected chi connectivity index (χ3v) is 3.89. The van der Waals surface area contributed by atoms with Gasteiger partial charge in [0.1, 0.15) is 0 Å². The predicted octanol–water partition coefficient (Wildman–Crippen LogP) is 4.29. The van der Waals surface area contributed by atoms with Crippen LogP contribution in [0.3, 0.4) is 0 Å². The minimum absolute atomic E-state index is 0.150. The van der Waals surface area contributed by atoms with Crippen molar-refractivity contribution in [3.05, 3.63) is 65.5 Å². The largest absolute Gasteiger partial charge is 0.494 e. The molecule has 0 bridgehead atoms. The van der Waals surface area contributed by atoms with Crippen LogP contribution in [0.15, 0.2) is 48.5 Å². The number of esters is 1. The van der Waals surface area contributed by atoms with Crippen molar-refractivity contribution in [3.8, 4) is 5.75 Å². The number of methoxy groups -OCH3 is 1. The van der Waals surface area contributed by atoms with Crippen molar-refractivity contribution in [2.75, 3.05) is 19.0 Å². The summed E-state index contributed by atoms with van der Waals surface area (Å²) in [5, 5.41) is 5.45. The molecule has 0 saturated carbocycles. The SMILES string of the molecule is CCOC(=O)/C=C\c1ccc(NC(=O)N[C@@H](C)c2ccc(OC)c(F)c2)cc1. The normalized spacial score (nSPS) is 11.7. The number of urea groups is 1. The Morgan fingerprint density at radius 2 is 1.89 bits per heavy atom. The highest BCUT2D eigenvalue weighted by Gasteiger charge is 2.12. The van der Waals surface area contributed by atoms with E-state index >= 15 is 0 Å². The van der Waals surface area contributed by atoms with Gasteiger partial charge in [0, 0.05) is 11.8 Å². The molecule has 0 aliphatic heterocycles. The van der Waals surface area contributed by atoms with Crippen molar-refractivity contribution < 1.29 is 23.5 Å². The van der Waals surface area contributed by atoms with Crippen molar-refractivity contribution in [1.82, 2.24) is 5.32 Å². The van der Waals surface area contributed by atoms with Crippen LogP contribution in [0.2, 0.25) is 0 Å². The monoisotopic (exact) mass is 386 g/mol. The van der Waals surface area contributed by atoms with Gasteiger partial charge in [-0.05, 0) is 55.3 Å². The second-order valence-electron chi connectivity index (χ2n) is 5.92. The van der Waals surface area contributed by atoms with Crippen molar-refractivity contribution >= 4 is 23.8 Å². The number of carbonyl (C=O) groups is 2. The number of anilines is 1. The molecule has 6 nitrogen and oxygen atoms in total. The summed E-state index contributed by atoms with van der Waals surface area (Å²) >= 11 is 0. The lowest BCUT2D eigenvalue weighted by Crippen LogP contribution is -2.31. The summed E-state index contributed by atoms with van der Waals surface area (Å²) in [6.07, 6.45) is 2.97. The molecule has 28 heavy (non-hydrogen) atoms. The Morgan fingerprint density at radius 3 is 2.50 bits per heavy atom. The van der Waals surface area contributed by atoms with Crippen LogP contribution in [0.4, 0.5) is 14.9 Å². The second kappa shape index (κ2) is 10.1. The van der Waals surface area contributed by atoms with Gasteiger partial charge in [-0.2, -0.15) is 0 Å². The third-order valence-electron chi connectivity index (χ3n) is 3.89. The average molecular weight is 386 g/mol. The predicted molar refractivity (Wildman–Crippen MR) is 106 cm³/mol. The van der Waals surface area contributed by atoms with Gasteiger partial charge in [0.25, 0.3) is 0 Å². The Hall–Kier alpha value is -3.35. The van der Waals surface area contributed by atoms with E-state index in [9.17, 15) is 14.0 Å². The van der Waals surface area contributed by atoms with Crippen molar-refractivity contribution in [2.45, 2.75) is 19.9 Å². The molecular weight excluding hydrogens is 363 g/mol. The summed E-state index contributed by atoms with van der Waals surface area (Å²) in [6, 6.07) is 10.7. The second-order valence-corrected chi connectivity index (χ2v) is 5.92. The molecule has 0 aliphatic rings. The molecule has 2 amide bonds. The van der Waals surface area contributed by atoms with E-state index in [2.05, 4.69) is 10.6 Å². The number of carbonyl (C=O) groups excluding carboxylic acids is 2. The van der Waals surface area contributed by atoms with E-state index in [1.807, 2.05) is 0 Å². The molecule has 0 heterocycles. The van der Waals surface area contributed by atoms with E-state index in [1.165, 1.54) is 25.3 Å². The molecule has 0 saturated heterocycles. The van der Waals surface area contributed by atoms with Crippen LogP contribution in [-0.2, 0) is 9.53 Å². The molecule has 0 radical (unpaired) electrons. The Balaban J connectivity index is 1.92. The maximum atomic E-state index is 13.8. The Bertz CT molecular complexity index is 850. The molecule has 0 aliphatic carbocycles. The quantitative estimate of drug-likeness (QED) is 0.550. The zero-order valence-electron chi connectivity index (χ0n) is 16.0. The maximum absolute atomic E-state index is 13.8. The lowest BCUT2D eigenvalue weighted by atomic mass is 10.1. The van der Waals surface area contributed by atoms with Gasteiger partial charge in [-0.15, -0.1) is 0 Å². The maximum Gasteiger partial charge on any atom is 0.330 e. The fourth-order valence-corrected chi connectivity index (χ4v) is 2.43. The molecule has 148 valence electrons. The van der Waals surface area contributed by atoms with Gasteiger partial charge >= 0.3 is 12.0 Å². The number of amides is 2. The van der Waals surface area contributed by atoms with E-state index in [-0.39, 0.29) is 5.75 Å². The molecular formula is C21H23FN2O4. The molecule has 2 aromatic carbocycles. The molecule has 7 heteroatoms. The molecule has 0 unspecified atom stereocenters. The summed E-state index contributed by atoms with van der Waals surface area (Å²) in [4.78, 5) is 23.5. The van der Waals surface area contributed by atoms with Gasteiger partial charge in [-0.1, -0.05) is 18.2 Å². The molecule has 2 N–H and O–H groups in total. The van der Waals surface area contributed by atoms with E-state index < -0.39 is 23.9 Å². The highest BCUT2D eigenvalue weighted by molar-refractivity contribution is 5.90. The number of ether oxygens (including phenoxy) is 2. The van der Waals surface area contributed by atoms with Gasteiger partial charge in [0.15, 0.2) is 11.6 Å². The fourth-order valence-electron chi connectivity index (χ4n) is 2.43. The van der Waals surface area contributed by atoms with Gasteiger partial charge in [-0.25, -0.2) is 14.0 Å². The molecule has 0 spiro atoms. The van der Waals surface area contributed by atoms with Crippen molar-refractivity contribution in [2.24, 2.45) is 0 Å². The molecule has 0 fully saturated rings. The van der Waals surface area contributed by atoms with Crippen LogP contribution in [0.25, 0.3) is 6.08 Å². The Kier molecular flexibility index (Phi) is 7.56. The molecule has 2 aromatic rings. The van der Waals surface area contributed by atoms with E-state index in [4.69, 9.17) is 9.47 Å². The summed E-state index contributed by atoms with van der Waals surface area (Å²) < 4.78 is 23.5. The highest BCUT2D eigenvalue weighted by atomic mass is 19.1. The first-order chi connectivity index (χ1) is 13.4. The third kappa shape index (κ3) is 6.12. The lowest BCUT2D eigenvalue weighted by Gasteiger charge is -2.16. The van der Waals surface area contributed by atoms with E-state index in [0.29, 0.717) is 17.9 Å². The zero-order chi connectivity index (χ0) is 20.5. The first-order valence-electron chi connectivity index (χ1n) is 8.78. The zero-order valence-corrected chi connectivity index (χ0v) is 16.0. The topological polar surface area (TPSA) is 76.7 Å². The fraction of sp³-hybridized carbons (Fsp3) is 0.238. The van der Waals surface area contributed by atoms with E-state index in [1.54, 1.807) is 50.3 Å². The summed E-state index contributed by atoms with van der Waals surface area (Å²) in [6.45, 7) is 3.82. The van der Waals surface area contributed by atoms with Crippen molar-refractivity contribution in [1.29, 1.82) is 0 Å². The highest BCUT2D eigenvalue weighted by Crippen LogP contribution is 2.21. The number of nitrogens with one attached hydrogen (secondary N) is 2. The van der Waals surface area contributed by atoms with Crippen LogP contribution in [0, 0.1) is 5.82 Å². The van der Waals surface area contributed by atoms with Crippen LogP contribution < -0.4 is 15.4 Å². The summed E-state index contributed by atoms with van der Waals surface area (Å²) in [7, 11) is 1.39. The lowest BCUT2D eigenvalue weighted by molar-refractivity contribution is -0.137. The molecule has 2 rings (SSSR count). The number of hydrogen-bond acceptors (Lipinski definition) is 4. The minimum Gasteiger partial charge on any atom is -0.494 e.